The lowest BCUT2D eigenvalue weighted by atomic mass is 9.81. The molecule has 1 aromatic heterocycles. The zero-order valence-corrected chi connectivity index (χ0v) is 16.0. The lowest BCUT2D eigenvalue weighted by Gasteiger charge is -2.33. The molecule has 0 bridgehead atoms. The summed E-state index contributed by atoms with van der Waals surface area (Å²) in [5.74, 6) is 0.145. The maximum atomic E-state index is 11.9. The van der Waals surface area contributed by atoms with E-state index in [9.17, 15) is 9.90 Å². The number of aliphatic hydroxyl groups excluding tert-OH is 1. The average molecular weight is 343 g/mol. The second kappa shape index (κ2) is 7.57. The summed E-state index contributed by atoms with van der Waals surface area (Å²) in [6, 6.07) is -0.262. The van der Waals surface area contributed by atoms with E-state index < -0.39 is 6.10 Å². The van der Waals surface area contributed by atoms with Gasteiger partial charge in [0.1, 0.15) is 10.0 Å². The van der Waals surface area contributed by atoms with Crippen molar-refractivity contribution >= 4 is 17.4 Å². The van der Waals surface area contributed by atoms with Crippen LogP contribution in [-0.2, 0) is 12.0 Å². The number of nitrogens with zero attached hydrogens (tertiary/aromatic N) is 2. The molecule has 2 amide bonds. The molecule has 1 heterocycles. The Balaban J connectivity index is 2.45. The number of aromatic nitrogens is 2. The smallest absolute Gasteiger partial charge is 0.315 e. The van der Waals surface area contributed by atoms with Crippen LogP contribution in [0.4, 0.5) is 4.79 Å². The number of hydrogen-bond acceptors (Lipinski definition) is 5. The van der Waals surface area contributed by atoms with Crippen molar-refractivity contribution in [2.75, 3.05) is 6.54 Å². The summed E-state index contributed by atoms with van der Waals surface area (Å²) < 4.78 is 0. The highest BCUT2D eigenvalue weighted by molar-refractivity contribution is 7.11. The molecule has 0 aliphatic carbocycles. The first-order valence-corrected chi connectivity index (χ1v) is 8.78. The van der Waals surface area contributed by atoms with Crippen LogP contribution in [0.1, 0.15) is 58.5 Å². The van der Waals surface area contributed by atoms with Gasteiger partial charge in [-0.3, -0.25) is 0 Å². The number of hydrogen-bond donors (Lipinski definition) is 3. The summed E-state index contributed by atoms with van der Waals surface area (Å²) >= 11 is 1.51. The highest BCUT2D eigenvalue weighted by Crippen LogP contribution is 2.26. The molecule has 6 nitrogen and oxygen atoms in total. The molecule has 1 rings (SSSR count). The predicted octanol–water partition coefficient (Wildman–Crippen LogP) is 2.68. The molecule has 1 atom stereocenters. The minimum absolute atomic E-state index is 0.0326. The van der Waals surface area contributed by atoms with Gasteiger partial charge < -0.3 is 15.7 Å². The molecule has 0 unspecified atom stereocenters. The largest absolute Gasteiger partial charge is 0.392 e. The van der Waals surface area contributed by atoms with Crippen molar-refractivity contribution in [3.05, 3.63) is 10.0 Å². The Kier molecular flexibility index (Phi) is 6.53. The normalized spacial score (nSPS) is 14.0. The van der Waals surface area contributed by atoms with Gasteiger partial charge in [0.15, 0.2) is 0 Å². The standard InChI is InChI=1S/C16H30N4O2S/c1-10(2)12(21)16(6,7)9-18-14(22)17-8-11-19-20-13(23-11)15(3,4)5/h10,12,21H,8-9H2,1-7H3,(H2,17,18,22)/t12-/m1/s1. The zero-order chi connectivity index (χ0) is 17.8. The molecule has 132 valence electrons. The van der Waals surface area contributed by atoms with E-state index in [1.54, 1.807) is 0 Å². The maximum Gasteiger partial charge on any atom is 0.315 e. The van der Waals surface area contributed by atoms with E-state index in [1.807, 2.05) is 27.7 Å². The molecule has 0 saturated carbocycles. The minimum Gasteiger partial charge on any atom is -0.392 e. The third-order valence-corrected chi connectivity index (χ3v) is 4.99. The summed E-state index contributed by atoms with van der Waals surface area (Å²) in [5.41, 5.74) is -0.414. The number of nitrogens with one attached hydrogen (secondary N) is 2. The monoisotopic (exact) mass is 342 g/mol. The summed E-state index contributed by atoms with van der Waals surface area (Å²) in [6.45, 7) is 14.8. The summed E-state index contributed by atoms with van der Waals surface area (Å²) in [7, 11) is 0. The van der Waals surface area contributed by atoms with Crippen molar-refractivity contribution in [1.82, 2.24) is 20.8 Å². The third-order valence-electron chi connectivity index (χ3n) is 3.65. The molecule has 0 spiro atoms. The highest BCUT2D eigenvalue weighted by atomic mass is 32.1. The first-order chi connectivity index (χ1) is 10.4. The van der Waals surface area contributed by atoms with Gasteiger partial charge in [0, 0.05) is 17.4 Å². The quantitative estimate of drug-likeness (QED) is 0.742. The van der Waals surface area contributed by atoms with Gasteiger partial charge in [-0.05, 0) is 5.92 Å². The Morgan fingerprint density at radius 3 is 2.26 bits per heavy atom. The Morgan fingerprint density at radius 2 is 1.78 bits per heavy atom. The first-order valence-electron chi connectivity index (χ1n) is 7.96. The zero-order valence-electron chi connectivity index (χ0n) is 15.2. The van der Waals surface area contributed by atoms with Gasteiger partial charge in [0.25, 0.3) is 0 Å². The summed E-state index contributed by atoms with van der Waals surface area (Å²) in [4.78, 5) is 11.9. The molecule has 1 aromatic rings. The molecule has 0 aromatic carbocycles. The molecule has 0 radical (unpaired) electrons. The number of amides is 2. The lowest BCUT2D eigenvalue weighted by Crippen LogP contribution is -2.46. The van der Waals surface area contributed by atoms with Gasteiger partial charge in [-0.25, -0.2) is 4.79 Å². The van der Waals surface area contributed by atoms with Crippen LogP contribution in [0.15, 0.2) is 0 Å². The SMILES string of the molecule is CC(C)[C@@H](O)C(C)(C)CNC(=O)NCc1nnc(C(C)(C)C)s1. The van der Waals surface area contributed by atoms with Crippen LogP contribution in [0.25, 0.3) is 0 Å². The van der Waals surface area contributed by atoms with E-state index in [0.717, 1.165) is 10.0 Å². The summed E-state index contributed by atoms with van der Waals surface area (Å²) in [6.07, 6.45) is -0.472. The fraction of sp³-hybridized carbons (Fsp3) is 0.812. The molecule has 0 saturated heterocycles. The number of rotatable bonds is 6. The van der Waals surface area contributed by atoms with Crippen LogP contribution in [0.5, 0.6) is 0 Å². The van der Waals surface area contributed by atoms with Crippen LogP contribution >= 0.6 is 11.3 Å². The molecular weight excluding hydrogens is 312 g/mol. The van der Waals surface area contributed by atoms with E-state index in [0.29, 0.717) is 13.1 Å². The van der Waals surface area contributed by atoms with Gasteiger partial charge in [0.2, 0.25) is 0 Å². The molecule has 7 heteroatoms. The molecule has 0 fully saturated rings. The van der Waals surface area contributed by atoms with Gasteiger partial charge in [0.05, 0.1) is 12.6 Å². The average Bonchev–Trinajstić information content (AvgIpc) is 2.91. The number of aliphatic hydroxyl groups is 1. The van der Waals surface area contributed by atoms with Crippen molar-refractivity contribution in [3.63, 3.8) is 0 Å². The fourth-order valence-corrected chi connectivity index (χ4v) is 3.00. The lowest BCUT2D eigenvalue weighted by molar-refractivity contribution is 0.0151. The molecule has 23 heavy (non-hydrogen) atoms. The van der Waals surface area contributed by atoms with Gasteiger partial charge in [-0.15, -0.1) is 10.2 Å². The van der Waals surface area contributed by atoms with Crippen molar-refractivity contribution in [2.45, 2.75) is 66.5 Å². The Hall–Kier alpha value is -1.21. The van der Waals surface area contributed by atoms with Crippen LogP contribution in [0, 0.1) is 11.3 Å². The molecular formula is C16H30N4O2S. The van der Waals surface area contributed by atoms with E-state index >= 15 is 0 Å². The maximum absolute atomic E-state index is 11.9. The third kappa shape index (κ3) is 6.06. The molecule has 0 aliphatic rings. The minimum atomic E-state index is -0.472. The van der Waals surface area contributed by atoms with Gasteiger partial charge >= 0.3 is 6.03 Å². The van der Waals surface area contributed by atoms with Crippen LogP contribution in [-0.4, -0.2) is 34.0 Å². The number of carbonyl (C=O) groups is 1. The van der Waals surface area contributed by atoms with E-state index in [4.69, 9.17) is 0 Å². The number of carbonyl (C=O) groups excluding carboxylic acids is 1. The fourth-order valence-electron chi connectivity index (χ4n) is 2.16. The van der Waals surface area contributed by atoms with E-state index in [-0.39, 0.29) is 22.8 Å². The number of urea groups is 1. The van der Waals surface area contributed by atoms with Crippen LogP contribution in [0.3, 0.4) is 0 Å². The summed E-state index contributed by atoms with van der Waals surface area (Å²) in [5, 5.41) is 25.8. The van der Waals surface area contributed by atoms with Crippen LogP contribution < -0.4 is 10.6 Å². The van der Waals surface area contributed by atoms with Crippen molar-refractivity contribution in [3.8, 4) is 0 Å². The van der Waals surface area contributed by atoms with Crippen molar-refractivity contribution in [1.29, 1.82) is 0 Å². The molecule has 3 N–H and O–H groups in total. The van der Waals surface area contributed by atoms with E-state index in [1.165, 1.54) is 11.3 Å². The van der Waals surface area contributed by atoms with Crippen molar-refractivity contribution < 1.29 is 9.90 Å². The topological polar surface area (TPSA) is 87.1 Å². The predicted molar refractivity (Wildman–Crippen MR) is 93.5 cm³/mol. The molecule has 0 aliphatic heterocycles. The Labute approximate surface area is 143 Å². The second-order valence-electron chi connectivity index (χ2n) is 7.96. The second-order valence-corrected chi connectivity index (χ2v) is 9.03. The van der Waals surface area contributed by atoms with Gasteiger partial charge in [-0.1, -0.05) is 59.8 Å². The van der Waals surface area contributed by atoms with Crippen LogP contribution in [0.2, 0.25) is 0 Å². The highest BCUT2D eigenvalue weighted by Gasteiger charge is 2.30. The van der Waals surface area contributed by atoms with E-state index in [2.05, 4.69) is 41.6 Å². The van der Waals surface area contributed by atoms with Gasteiger partial charge in [-0.2, -0.15) is 0 Å². The van der Waals surface area contributed by atoms with Crippen molar-refractivity contribution in [2.24, 2.45) is 11.3 Å². The Bertz CT molecular complexity index is 520. The first kappa shape index (κ1) is 19.8. The Morgan fingerprint density at radius 1 is 1.17 bits per heavy atom.